The van der Waals surface area contributed by atoms with E-state index in [2.05, 4.69) is 45.7 Å². The molecule has 2 heterocycles. The van der Waals surface area contributed by atoms with Gasteiger partial charge in [-0.05, 0) is 55.9 Å². The second-order valence-electron chi connectivity index (χ2n) is 7.84. The van der Waals surface area contributed by atoms with Gasteiger partial charge < -0.3 is 10.2 Å². The van der Waals surface area contributed by atoms with Crippen LogP contribution in [0.2, 0.25) is 5.02 Å². The van der Waals surface area contributed by atoms with Crippen LogP contribution in [0.25, 0.3) is 10.9 Å². The minimum atomic E-state index is -0.563. The molecular formula is C25H22ClFN4O. The fourth-order valence-corrected chi connectivity index (χ4v) is 3.91. The fraction of sp³-hybridized carbons (Fsp3) is 0.240. The second-order valence-corrected chi connectivity index (χ2v) is 8.25. The summed E-state index contributed by atoms with van der Waals surface area (Å²) >= 11 is 5.90. The summed E-state index contributed by atoms with van der Waals surface area (Å²) in [6, 6.07) is 8.40. The number of carbonyl (C=O) groups excluding carboxylic acids is 1. The molecule has 0 spiro atoms. The predicted octanol–water partition coefficient (Wildman–Crippen LogP) is 4.77. The van der Waals surface area contributed by atoms with Gasteiger partial charge in [-0.15, -0.1) is 0 Å². The first kappa shape index (κ1) is 21.9. The number of allylic oxidation sites excluding steroid dienone is 1. The highest BCUT2D eigenvalue weighted by Crippen LogP contribution is 2.29. The van der Waals surface area contributed by atoms with Gasteiger partial charge in [0.2, 0.25) is 0 Å². The van der Waals surface area contributed by atoms with Crippen molar-refractivity contribution in [3.8, 4) is 11.8 Å². The van der Waals surface area contributed by atoms with Crippen molar-refractivity contribution in [2.45, 2.75) is 12.8 Å². The van der Waals surface area contributed by atoms with E-state index in [9.17, 15) is 9.18 Å². The average Bonchev–Trinajstić information content (AvgIpc) is 3.20. The standard InChI is InChI=1S/C25H22ClFN4O/c1-3-19(32)11-18-12-20-23(13-17(18)8-7-16-9-10-31(2)14-16)28-15-29-25(20)30-22-6-4-5-21(26)24(22)27/h3-6,12-13,15-16H,1,9-11,14H2,2H3,(H,28,29,30). The molecule has 3 aromatic rings. The fourth-order valence-electron chi connectivity index (χ4n) is 3.73. The Hall–Kier alpha value is -3.27. The van der Waals surface area contributed by atoms with Crippen molar-refractivity contribution in [1.29, 1.82) is 0 Å². The van der Waals surface area contributed by atoms with Gasteiger partial charge in [0.25, 0.3) is 0 Å². The zero-order chi connectivity index (χ0) is 22.7. The molecule has 1 fully saturated rings. The first-order valence-corrected chi connectivity index (χ1v) is 10.7. The predicted molar refractivity (Wildman–Crippen MR) is 126 cm³/mol. The molecule has 0 saturated carbocycles. The van der Waals surface area contributed by atoms with Crippen molar-refractivity contribution in [3.63, 3.8) is 0 Å². The number of nitrogens with zero attached hydrogens (tertiary/aromatic N) is 3. The third-order valence-corrected chi connectivity index (χ3v) is 5.75. The molecule has 162 valence electrons. The molecule has 0 aliphatic carbocycles. The van der Waals surface area contributed by atoms with Gasteiger partial charge in [-0.25, -0.2) is 14.4 Å². The quantitative estimate of drug-likeness (QED) is 0.450. The van der Waals surface area contributed by atoms with Crippen LogP contribution in [0.4, 0.5) is 15.9 Å². The van der Waals surface area contributed by atoms with Gasteiger partial charge in [0.05, 0.1) is 16.2 Å². The number of benzene rings is 2. The lowest BCUT2D eigenvalue weighted by atomic mass is 9.98. The minimum Gasteiger partial charge on any atom is -0.337 e. The molecule has 1 unspecified atom stereocenters. The van der Waals surface area contributed by atoms with Gasteiger partial charge >= 0.3 is 0 Å². The van der Waals surface area contributed by atoms with E-state index < -0.39 is 5.82 Å². The van der Waals surface area contributed by atoms with Crippen molar-refractivity contribution in [2.24, 2.45) is 5.92 Å². The molecule has 1 saturated heterocycles. The molecule has 1 atom stereocenters. The van der Waals surface area contributed by atoms with Crippen LogP contribution in [0.3, 0.4) is 0 Å². The molecule has 7 heteroatoms. The third kappa shape index (κ3) is 4.80. The van der Waals surface area contributed by atoms with Crippen LogP contribution >= 0.6 is 11.6 Å². The Morgan fingerprint density at radius 3 is 3.00 bits per heavy atom. The Bertz CT molecular complexity index is 1260. The zero-order valence-corrected chi connectivity index (χ0v) is 18.4. The monoisotopic (exact) mass is 448 g/mol. The van der Waals surface area contributed by atoms with Crippen LogP contribution < -0.4 is 5.32 Å². The van der Waals surface area contributed by atoms with Gasteiger partial charge in [-0.3, -0.25) is 4.79 Å². The number of hydrogen-bond acceptors (Lipinski definition) is 5. The minimum absolute atomic E-state index is 0.0146. The van der Waals surface area contributed by atoms with E-state index in [1.54, 1.807) is 12.1 Å². The SMILES string of the molecule is C=CC(=O)Cc1cc2c(Nc3cccc(Cl)c3F)ncnc2cc1C#CC1CCN(C)C1. The van der Waals surface area contributed by atoms with E-state index in [4.69, 9.17) is 11.6 Å². The van der Waals surface area contributed by atoms with Crippen LogP contribution in [0.1, 0.15) is 17.5 Å². The van der Waals surface area contributed by atoms with Crippen molar-refractivity contribution in [2.75, 3.05) is 25.5 Å². The molecule has 0 radical (unpaired) electrons. The number of anilines is 2. The number of likely N-dealkylation sites (tertiary alicyclic amines) is 1. The highest BCUT2D eigenvalue weighted by Gasteiger charge is 2.17. The molecule has 2 aromatic carbocycles. The number of ketones is 1. The normalized spacial score (nSPS) is 15.9. The van der Waals surface area contributed by atoms with E-state index in [0.29, 0.717) is 22.6 Å². The van der Waals surface area contributed by atoms with Gasteiger partial charge in [0.1, 0.15) is 12.1 Å². The lowest BCUT2D eigenvalue weighted by Crippen LogP contribution is -2.13. The molecule has 5 nitrogen and oxygen atoms in total. The number of halogens is 2. The molecule has 1 N–H and O–H groups in total. The largest absolute Gasteiger partial charge is 0.337 e. The van der Waals surface area contributed by atoms with Crippen molar-refractivity contribution in [1.82, 2.24) is 14.9 Å². The molecule has 32 heavy (non-hydrogen) atoms. The summed E-state index contributed by atoms with van der Waals surface area (Å²) in [4.78, 5) is 23.0. The molecule has 1 aliphatic heterocycles. The maximum absolute atomic E-state index is 14.4. The van der Waals surface area contributed by atoms with Gasteiger partial charge in [0, 0.05) is 29.8 Å². The van der Waals surface area contributed by atoms with Crippen molar-refractivity contribution >= 4 is 39.8 Å². The first-order chi connectivity index (χ1) is 15.4. The summed E-state index contributed by atoms with van der Waals surface area (Å²) < 4.78 is 14.4. The lowest BCUT2D eigenvalue weighted by Gasteiger charge is -2.12. The number of carbonyl (C=O) groups is 1. The summed E-state index contributed by atoms with van der Waals surface area (Å²) in [6.07, 6.45) is 3.90. The van der Waals surface area contributed by atoms with Crippen LogP contribution in [0.15, 0.2) is 49.3 Å². The number of aromatic nitrogens is 2. The van der Waals surface area contributed by atoms with E-state index >= 15 is 0 Å². The molecule has 1 aliphatic rings. The van der Waals surface area contributed by atoms with E-state index in [1.165, 1.54) is 18.5 Å². The Morgan fingerprint density at radius 2 is 2.25 bits per heavy atom. The highest BCUT2D eigenvalue weighted by atomic mass is 35.5. The lowest BCUT2D eigenvalue weighted by molar-refractivity contribution is -0.114. The van der Waals surface area contributed by atoms with E-state index in [0.717, 1.165) is 30.6 Å². The third-order valence-electron chi connectivity index (χ3n) is 5.46. The summed E-state index contributed by atoms with van der Waals surface area (Å²) in [7, 11) is 2.08. The molecule has 1 aromatic heterocycles. The van der Waals surface area contributed by atoms with Crippen molar-refractivity contribution in [3.05, 3.63) is 71.3 Å². The van der Waals surface area contributed by atoms with Gasteiger partial charge in [-0.1, -0.05) is 36.1 Å². The van der Waals surface area contributed by atoms with Crippen LogP contribution in [0.5, 0.6) is 0 Å². The van der Waals surface area contributed by atoms with Crippen LogP contribution in [-0.2, 0) is 11.2 Å². The maximum Gasteiger partial charge on any atom is 0.165 e. The smallest absolute Gasteiger partial charge is 0.165 e. The number of nitrogens with one attached hydrogen (secondary N) is 1. The Kier molecular flexibility index (Phi) is 6.50. The number of rotatable bonds is 5. The van der Waals surface area contributed by atoms with E-state index in [1.807, 2.05) is 12.1 Å². The topological polar surface area (TPSA) is 58.1 Å². The highest BCUT2D eigenvalue weighted by molar-refractivity contribution is 6.31. The molecule has 0 amide bonds. The number of hydrogen-bond donors (Lipinski definition) is 1. The van der Waals surface area contributed by atoms with Crippen LogP contribution in [0, 0.1) is 23.6 Å². The zero-order valence-electron chi connectivity index (χ0n) is 17.7. The average molecular weight is 449 g/mol. The van der Waals surface area contributed by atoms with Gasteiger partial charge in [0.15, 0.2) is 11.6 Å². The Balaban J connectivity index is 1.77. The Morgan fingerprint density at radius 1 is 1.41 bits per heavy atom. The summed E-state index contributed by atoms with van der Waals surface area (Å²) in [5.74, 6) is 6.64. The molecule has 4 rings (SSSR count). The second kappa shape index (κ2) is 9.47. The van der Waals surface area contributed by atoms with Gasteiger partial charge in [-0.2, -0.15) is 0 Å². The summed E-state index contributed by atoms with van der Waals surface area (Å²) in [5.41, 5.74) is 2.36. The molecular weight excluding hydrogens is 427 g/mol. The molecule has 0 bridgehead atoms. The summed E-state index contributed by atoms with van der Waals surface area (Å²) in [5, 5.41) is 3.67. The summed E-state index contributed by atoms with van der Waals surface area (Å²) in [6.45, 7) is 5.54. The number of fused-ring (bicyclic) bond motifs is 1. The van der Waals surface area contributed by atoms with Crippen molar-refractivity contribution < 1.29 is 9.18 Å². The van der Waals surface area contributed by atoms with E-state index in [-0.39, 0.29) is 22.9 Å². The Labute approximate surface area is 191 Å². The maximum atomic E-state index is 14.4. The first-order valence-electron chi connectivity index (χ1n) is 10.3. The van der Waals surface area contributed by atoms with Crippen LogP contribution in [-0.4, -0.2) is 40.8 Å².